The molecule has 4 atom stereocenters. The second-order valence-electron chi connectivity index (χ2n) is 5.58. The van der Waals surface area contributed by atoms with Gasteiger partial charge in [-0.15, -0.1) is 0 Å². The summed E-state index contributed by atoms with van der Waals surface area (Å²) in [5, 5.41) is 11.9. The van der Waals surface area contributed by atoms with Crippen LogP contribution in [0.2, 0.25) is 0 Å². The normalized spacial score (nSPS) is 27.3. The van der Waals surface area contributed by atoms with Crippen molar-refractivity contribution in [2.24, 2.45) is 17.8 Å². The van der Waals surface area contributed by atoms with Crippen molar-refractivity contribution in [2.75, 3.05) is 0 Å². The van der Waals surface area contributed by atoms with Crippen molar-refractivity contribution in [1.29, 1.82) is 0 Å². The number of hydrogen-bond acceptors (Lipinski definition) is 2. The van der Waals surface area contributed by atoms with Crippen LogP contribution in [-0.2, 0) is 9.59 Å². The van der Waals surface area contributed by atoms with E-state index >= 15 is 0 Å². The van der Waals surface area contributed by atoms with Crippen LogP contribution in [0, 0.1) is 17.8 Å². The Kier molecular flexibility index (Phi) is 5.63. The smallest absolute Gasteiger partial charge is 0.326 e. The Labute approximate surface area is 109 Å². The van der Waals surface area contributed by atoms with Crippen LogP contribution in [0.1, 0.15) is 52.9 Å². The van der Waals surface area contributed by atoms with Gasteiger partial charge in [0, 0.05) is 5.92 Å². The number of rotatable bonds is 5. The number of carboxylic acids is 1. The molecule has 1 rings (SSSR count). The van der Waals surface area contributed by atoms with E-state index in [4.69, 9.17) is 0 Å². The van der Waals surface area contributed by atoms with Gasteiger partial charge in [0.05, 0.1) is 0 Å². The minimum Gasteiger partial charge on any atom is -0.480 e. The lowest BCUT2D eigenvalue weighted by atomic mass is 9.79. The summed E-state index contributed by atoms with van der Waals surface area (Å²) in [4.78, 5) is 23.4. The molecule has 2 N–H and O–H groups in total. The highest BCUT2D eigenvalue weighted by Crippen LogP contribution is 2.29. The van der Waals surface area contributed by atoms with Crippen LogP contribution in [-0.4, -0.2) is 23.0 Å². The van der Waals surface area contributed by atoms with E-state index in [0.29, 0.717) is 5.92 Å². The fraction of sp³-hybridized carbons (Fsp3) is 0.857. The zero-order valence-electron chi connectivity index (χ0n) is 11.6. The van der Waals surface area contributed by atoms with Gasteiger partial charge in [-0.2, -0.15) is 0 Å². The van der Waals surface area contributed by atoms with E-state index in [-0.39, 0.29) is 17.7 Å². The summed E-state index contributed by atoms with van der Waals surface area (Å²) in [6.45, 7) is 5.89. The van der Waals surface area contributed by atoms with Gasteiger partial charge < -0.3 is 10.4 Å². The third kappa shape index (κ3) is 3.72. The topological polar surface area (TPSA) is 66.4 Å². The first-order chi connectivity index (χ1) is 8.47. The molecule has 1 fully saturated rings. The van der Waals surface area contributed by atoms with E-state index in [1.807, 2.05) is 13.8 Å². The number of carbonyl (C=O) groups is 2. The standard InChI is InChI=1S/C14H25NO3/c1-4-9(2)12(14(17)18)15-13(16)11-8-6-5-7-10(11)3/h9-12H,4-8H2,1-3H3,(H,15,16)(H,17,18)/t9-,10+,11-,12-/m0/s1. The van der Waals surface area contributed by atoms with Crippen LogP contribution in [0.15, 0.2) is 0 Å². The molecule has 0 aliphatic heterocycles. The van der Waals surface area contributed by atoms with Crippen molar-refractivity contribution in [3.05, 3.63) is 0 Å². The molecule has 0 bridgehead atoms. The van der Waals surface area contributed by atoms with Crippen molar-refractivity contribution in [3.8, 4) is 0 Å². The third-order valence-electron chi connectivity index (χ3n) is 4.23. The maximum Gasteiger partial charge on any atom is 0.326 e. The summed E-state index contributed by atoms with van der Waals surface area (Å²) in [7, 11) is 0. The molecular formula is C14H25NO3. The summed E-state index contributed by atoms with van der Waals surface area (Å²) in [6.07, 6.45) is 4.96. The number of aliphatic carboxylic acids is 1. The molecule has 1 aliphatic rings. The van der Waals surface area contributed by atoms with Crippen molar-refractivity contribution < 1.29 is 14.7 Å². The predicted molar refractivity (Wildman–Crippen MR) is 70.1 cm³/mol. The minimum atomic E-state index is -0.929. The third-order valence-corrected chi connectivity index (χ3v) is 4.23. The van der Waals surface area contributed by atoms with E-state index in [9.17, 15) is 14.7 Å². The molecule has 1 saturated carbocycles. The molecule has 0 radical (unpaired) electrons. The van der Waals surface area contributed by atoms with Gasteiger partial charge >= 0.3 is 5.97 Å². The van der Waals surface area contributed by atoms with Gasteiger partial charge in [0.15, 0.2) is 0 Å². The van der Waals surface area contributed by atoms with Gasteiger partial charge in [-0.05, 0) is 24.7 Å². The first-order valence-electron chi connectivity index (χ1n) is 7.00. The van der Waals surface area contributed by atoms with Crippen molar-refractivity contribution in [2.45, 2.75) is 58.9 Å². The molecule has 104 valence electrons. The Morgan fingerprint density at radius 3 is 2.44 bits per heavy atom. The van der Waals surface area contributed by atoms with Gasteiger partial charge in [0.25, 0.3) is 0 Å². The van der Waals surface area contributed by atoms with E-state index < -0.39 is 12.0 Å². The number of hydrogen-bond donors (Lipinski definition) is 2. The molecular weight excluding hydrogens is 230 g/mol. The summed E-state index contributed by atoms with van der Waals surface area (Å²) >= 11 is 0. The Morgan fingerprint density at radius 2 is 1.94 bits per heavy atom. The summed E-state index contributed by atoms with van der Waals surface area (Å²) in [5.74, 6) is -0.684. The van der Waals surface area contributed by atoms with Crippen LogP contribution in [0.25, 0.3) is 0 Å². The molecule has 4 heteroatoms. The van der Waals surface area contributed by atoms with Crippen molar-refractivity contribution in [1.82, 2.24) is 5.32 Å². The van der Waals surface area contributed by atoms with E-state index in [2.05, 4.69) is 12.2 Å². The first-order valence-corrected chi connectivity index (χ1v) is 7.00. The molecule has 4 nitrogen and oxygen atoms in total. The average Bonchev–Trinajstić information content (AvgIpc) is 2.35. The molecule has 0 saturated heterocycles. The molecule has 18 heavy (non-hydrogen) atoms. The molecule has 0 spiro atoms. The number of amides is 1. The molecule has 1 amide bonds. The van der Waals surface area contributed by atoms with Crippen LogP contribution < -0.4 is 5.32 Å². The van der Waals surface area contributed by atoms with Crippen molar-refractivity contribution >= 4 is 11.9 Å². The van der Waals surface area contributed by atoms with Crippen molar-refractivity contribution in [3.63, 3.8) is 0 Å². The molecule has 0 aromatic carbocycles. The molecule has 1 aliphatic carbocycles. The highest BCUT2D eigenvalue weighted by molar-refractivity contribution is 5.85. The fourth-order valence-electron chi connectivity index (χ4n) is 2.65. The van der Waals surface area contributed by atoms with Gasteiger partial charge in [0.1, 0.15) is 6.04 Å². The molecule has 0 aromatic heterocycles. The maximum atomic E-state index is 12.2. The van der Waals surface area contributed by atoms with Crippen LogP contribution >= 0.6 is 0 Å². The Balaban J connectivity index is 2.63. The second kappa shape index (κ2) is 6.76. The summed E-state index contributed by atoms with van der Waals surface area (Å²) in [6, 6.07) is -0.753. The first kappa shape index (κ1) is 15.0. The molecule has 0 heterocycles. The lowest BCUT2D eigenvalue weighted by Crippen LogP contribution is -2.48. The van der Waals surface area contributed by atoms with E-state index in [1.54, 1.807) is 0 Å². The van der Waals surface area contributed by atoms with Crippen LogP contribution in [0.5, 0.6) is 0 Å². The number of carbonyl (C=O) groups excluding carboxylic acids is 1. The summed E-state index contributed by atoms with van der Waals surface area (Å²) in [5.41, 5.74) is 0. The fourth-order valence-corrected chi connectivity index (χ4v) is 2.65. The predicted octanol–water partition coefficient (Wildman–Crippen LogP) is 2.43. The van der Waals surface area contributed by atoms with Gasteiger partial charge in [0.2, 0.25) is 5.91 Å². The maximum absolute atomic E-state index is 12.2. The lowest BCUT2D eigenvalue weighted by Gasteiger charge is -2.30. The SMILES string of the molecule is CC[C@H](C)[C@H](NC(=O)[C@H]1CCCC[C@H]1C)C(=O)O. The van der Waals surface area contributed by atoms with E-state index in [0.717, 1.165) is 25.7 Å². The van der Waals surface area contributed by atoms with Gasteiger partial charge in [-0.1, -0.05) is 40.0 Å². The van der Waals surface area contributed by atoms with Gasteiger partial charge in [-0.3, -0.25) is 4.79 Å². The Bertz CT molecular complexity index is 303. The average molecular weight is 255 g/mol. The van der Waals surface area contributed by atoms with Crippen LogP contribution in [0.4, 0.5) is 0 Å². The zero-order chi connectivity index (χ0) is 13.7. The Hall–Kier alpha value is -1.06. The number of carboxylic acid groups (broad SMARTS) is 1. The lowest BCUT2D eigenvalue weighted by molar-refractivity contribution is -0.144. The molecule has 0 aromatic rings. The highest BCUT2D eigenvalue weighted by Gasteiger charge is 2.32. The second-order valence-corrected chi connectivity index (χ2v) is 5.58. The zero-order valence-corrected chi connectivity index (χ0v) is 11.6. The minimum absolute atomic E-state index is 0.00958. The molecule has 0 unspecified atom stereocenters. The van der Waals surface area contributed by atoms with E-state index in [1.165, 1.54) is 6.42 Å². The Morgan fingerprint density at radius 1 is 1.33 bits per heavy atom. The quantitative estimate of drug-likeness (QED) is 0.793. The summed E-state index contributed by atoms with van der Waals surface area (Å²) < 4.78 is 0. The largest absolute Gasteiger partial charge is 0.480 e. The van der Waals surface area contributed by atoms with Crippen LogP contribution in [0.3, 0.4) is 0 Å². The monoisotopic (exact) mass is 255 g/mol. The van der Waals surface area contributed by atoms with Gasteiger partial charge in [-0.25, -0.2) is 4.79 Å². The highest BCUT2D eigenvalue weighted by atomic mass is 16.4. The number of nitrogens with one attached hydrogen (secondary N) is 1.